The van der Waals surface area contributed by atoms with Crippen LogP contribution in [0.4, 0.5) is 5.69 Å². The third kappa shape index (κ3) is 3.11. The first-order valence-corrected chi connectivity index (χ1v) is 6.66. The number of nitrogens with zero attached hydrogens (tertiary/aromatic N) is 3. The van der Waals surface area contributed by atoms with E-state index in [2.05, 4.69) is 41.0 Å². The topological polar surface area (TPSA) is 19.4 Å². The molecule has 1 aliphatic heterocycles. The molecule has 0 unspecified atom stereocenters. The summed E-state index contributed by atoms with van der Waals surface area (Å²) < 4.78 is 0. The quantitative estimate of drug-likeness (QED) is 0.771. The van der Waals surface area contributed by atoms with Crippen molar-refractivity contribution in [3.05, 3.63) is 24.0 Å². The number of halogens is 1. The molecule has 1 aromatic rings. The van der Waals surface area contributed by atoms with Crippen LogP contribution in [0.5, 0.6) is 0 Å². The Morgan fingerprint density at radius 1 is 1.47 bits per heavy atom. The fourth-order valence-electron chi connectivity index (χ4n) is 2.35. The van der Waals surface area contributed by atoms with E-state index in [0.717, 1.165) is 5.69 Å². The van der Waals surface area contributed by atoms with Crippen LogP contribution >= 0.6 is 11.6 Å². The molecule has 3 nitrogen and oxygen atoms in total. The normalized spacial score (nSPS) is 18.3. The number of piperidine rings is 1. The summed E-state index contributed by atoms with van der Waals surface area (Å²) in [5, 5.41) is 0. The van der Waals surface area contributed by atoms with Crippen molar-refractivity contribution in [1.82, 2.24) is 9.88 Å². The molecule has 1 saturated heterocycles. The van der Waals surface area contributed by atoms with Gasteiger partial charge in [0.1, 0.15) is 0 Å². The molecule has 0 radical (unpaired) electrons. The summed E-state index contributed by atoms with van der Waals surface area (Å²) in [6.07, 6.45) is 4.30. The molecule has 2 heterocycles. The Morgan fingerprint density at radius 3 is 2.82 bits per heavy atom. The lowest BCUT2D eigenvalue weighted by Gasteiger charge is -2.36. The summed E-state index contributed by atoms with van der Waals surface area (Å²) in [6, 6.07) is 4.79. The third-order valence-electron chi connectivity index (χ3n) is 3.58. The molecule has 0 atom stereocenters. The lowest BCUT2D eigenvalue weighted by Crippen LogP contribution is -2.42. The predicted octanol–water partition coefficient (Wildman–Crippen LogP) is 2.35. The van der Waals surface area contributed by atoms with Gasteiger partial charge in [-0.3, -0.25) is 4.98 Å². The first-order chi connectivity index (χ1) is 8.20. The molecule has 17 heavy (non-hydrogen) atoms. The van der Waals surface area contributed by atoms with Crippen LogP contribution in [-0.2, 0) is 5.88 Å². The average molecular weight is 254 g/mol. The van der Waals surface area contributed by atoms with Crippen molar-refractivity contribution in [3.63, 3.8) is 0 Å². The maximum atomic E-state index is 5.82. The van der Waals surface area contributed by atoms with Gasteiger partial charge < -0.3 is 9.80 Å². The summed E-state index contributed by atoms with van der Waals surface area (Å²) in [7, 11) is 4.36. The molecule has 0 bridgehead atoms. The molecule has 0 spiro atoms. The van der Waals surface area contributed by atoms with E-state index in [4.69, 9.17) is 11.6 Å². The highest BCUT2D eigenvalue weighted by atomic mass is 35.5. The lowest BCUT2D eigenvalue weighted by atomic mass is 10.0. The van der Waals surface area contributed by atoms with Gasteiger partial charge in [-0.05, 0) is 45.1 Å². The van der Waals surface area contributed by atoms with Gasteiger partial charge in [0.15, 0.2) is 0 Å². The largest absolute Gasteiger partial charge is 0.371 e. The van der Waals surface area contributed by atoms with E-state index in [1.807, 2.05) is 6.20 Å². The van der Waals surface area contributed by atoms with E-state index in [1.54, 1.807) is 0 Å². The van der Waals surface area contributed by atoms with Gasteiger partial charge >= 0.3 is 0 Å². The second kappa shape index (κ2) is 5.69. The highest BCUT2D eigenvalue weighted by Gasteiger charge is 2.20. The van der Waals surface area contributed by atoms with E-state index in [0.29, 0.717) is 11.9 Å². The van der Waals surface area contributed by atoms with Crippen LogP contribution in [0.1, 0.15) is 18.5 Å². The Labute approximate surface area is 108 Å². The van der Waals surface area contributed by atoms with Crippen molar-refractivity contribution >= 4 is 17.3 Å². The Kier molecular flexibility index (Phi) is 4.24. The van der Waals surface area contributed by atoms with Crippen LogP contribution in [0.2, 0.25) is 0 Å². The van der Waals surface area contributed by atoms with Gasteiger partial charge in [0.05, 0.1) is 11.6 Å². The average Bonchev–Trinajstić information content (AvgIpc) is 2.39. The smallest absolute Gasteiger partial charge is 0.0648 e. The maximum absolute atomic E-state index is 5.82. The third-order valence-corrected chi connectivity index (χ3v) is 3.85. The minimum Gasteiger partial charge on any atom is -0.371 e. The summed E-state index contributed by atoms with van der Waals surface area (Å²) >= 11 is 5.82. The Bertz CT molecular complexity index is 361. The Hall–Kier alpha value is -0.800. The number of aromatic nitrogens is 1. The molecule has 94 valence electrons. The van der Waals surface area contributed by atoms with Crippen LogP contribution in [0, 0.1) is 0 Å². The van der Waals surface area contributed by atoms with Crippen LogP contribution in [0.15, 0.2) is 18.3 Å². The first kappa shape index (κ1) is 12.7. The molecule has 1 aromatic heterocycles. The van der Waals surface area contributed by atoms with Crippen LogP contribution in [0.3, 0.4) is 0 Å². The van der Waals surface area contributed by atoms with E-state index < -0.39 is 0 Å². The zero-order valence-corrected chi connectivity index (χ0v) is 11.3. The Morgan fingerprint density at radius 2 is 2.18 bits per heavy atom. The fraction of sp³-hybridized carbons (Fsp3) is 0.615. The van der Waals surface area contributed by atoms with Crippen LogP contribution in [0.25, 0.3) is 0 Å². The summed E-state index contributed by atoms with van der Waals surface area (Å²) in [5.74, 6) is 0.481. The van der Waals surface area contributed by atoms with Gasteiger partial charge in [0.2, 0.25) is 0 Å². The summed E-state index contributed by atoms with van der Waals surface area (Å²) in [5.41, 5.74) is 2.18. The number of anilines is 1. The number of rotatable bonds is 3. The van der Waals surface area contributed by atoms with Crippen LogP contribution in [-0.4, -0.2) is 43.1 Å². The van der Waals surface area contributed by atoms with E-state index in [9.17, 15) is 0 Å². The SMILES string of the molecule is CN1CCC(N(C)c2ccnc(CCl)c2)CC1. The molecule has 4 heteroatoms. The van der Waals surface area contributed by atoms with E-state index >= 15 is 0 Å². The molecule has 0 aromatic carbocycles. The first-order valence-electron chi connectivity index (χ1n) is 6.13. The highest BCUT2D eigenvalue weighted by Crippen LogP contribution is 2.22. The maximum Gasteiger partial charge on any atom is 0.0648 e. The van der Waals surface area contributed by atoms with Crippen molar-refractivity contribution < 1.29 is 0 Å². The number of hydrogen-bond donors (Lipinski definition) is 0. The van der Waals surface area contributed by atoms with Crippen molar-refractivity contribution in [1.29, 1.82) is 0 Å². The zero-order chi connectivity index (χ0) is 12.3. The van der Waals surface area contributed by atoms with Crippen molar-refractivity contribution in [2.45, 2.75) is 24.8 Å². The molecule has 2 rings (SSSR count). The van der Waals surface area contributed by atoms with Gasteiger partial charge in [0.25, 0.3) is 0 Å². The van der Waals surface area contributed by atoms with Crippen molar-refractivity contribution in [3.8, 4) is 0 Å². The highest BCUT2D eigenvalue weighted by molar-refractivity contribution is 6.16. The molecule has 1 fully saturated rings. The standard InChI is InChI=1S/C13H20ClN3/c1-16-7-4-12(5-8-16)17(2)13-3-6-15-11(9-13)10-14/h3,6,9,12H,4-5,7-8,10H2,1-2H3. The Balaban J connectivity index is 2.05. The second-order valence-electron chi connectivity index (χ2n) is 4.78. The molecule has 0 saturated carbocycles. The predicted molar refractivity (Wildman–Crippen MR) is 72.7 cm³/mol. The number of likely N-dealkylation sites (tertiary alicyclic amines) is 1. The molecule has 0 N–H and O–H groups in total. The van der Waals surface area contributed by atoms with Crippen molar-refractivity contribution in [2.24, 2.45) is 0 Å². The van der Waals surface area contributed by atoms with Gasteiger partial charge in [-0.15, -0.1) is 11.6 Å². The zero-order valence-electron chi connectivity index (χ0n) is 10.6. The molecule has 0 aliphatic carbocycles. The molecular weight excluding hydrogens is 234 g/mol. The number of hydrogen-bond acceptors (Lipinski definition) is 3. The van der Waals surface area contributed by atoms with Crippen molar-refractivity contribution in [2.75, 3.05) is 32.1 Å². The van der Waals surface area contributed by atoms with Gasteiger partial charge in [-0.2, -0.15) is 0 Å². The second-order valence-corrected chi connectivity index (χ2v) is 5.05. The molecule has 1 aliphatic rings. The number of pyridine rings is 1. The van der Waals surface area contributed by atoms with Gasteiger partial charge in [-0.25, -0.2) is 0 Å². The monoisotopic (exact) mass is 253 g/mol. The van der Waals surface area contributed by atoms with Crippen LogP contribution < -0.4 is 4.90 Å². The molecule has 0 amide bonds. The lowest BCUT2D eigenvalue weighted by molar-refractivity contribution is 0.253. The summed E-state index contributed by atoms with van der Waals surface area (Å²) in [4.78, 5) is 8.99. The van der Waals surface area contributed by atoms with Gasteiger partial charge in [-0.1, -0.05) is 0 Å². The van der Waals surface area contributed by atoms with E-state index in [-0.39, 0.29) is 0 Å². The fourth-order valence-corrected chi connectivity index (χ4v) is 2.50. The van der Waals surface area contributed by atoms with Gasteiger partial charge in [0, 0.05) is 25.0 Å². The number of alkyl halides is 1. The summed E-state index contributed by atoms with van der Waals surface area (Å²) in [6.45, 7) is 2.37. The minimum atomic E-state index is 0.481. The molecular formula is C13H20ClN3. The van der Waals surface area contributed by atoms with E-state index in [1.165, 1.54) is 31.6 Å². The minimum absolute atomic E-state index is 0.481.